The van der Waals surface area contributed by atoms with Crippen LogP contribution in [0.15, 0.2) is 77.9 Å². The topological polar surface area (TPSA) is 86.0 Å². The van der Waals surface area contributed by atoms with Crippen molar-refractivity contribution in [2.45, 2.75) is 32.6 Å². The summed E-state index contributed by atoms with van der Waals surface area (Å²) in [4.78, 5) is 10.3. The number of ether oxygens (including phenoxy) is 2. The fourth-order valence-corrected chi connectivity index (χ4v) is 3.11. The number of non-ortho nitro benzene ring substituents is 1. The number of hydrogen-bond donors (Lipinski definition) is 1. The Hall–Kier alpha value is -3.87. The van der Waals surface area contributed by atoms with E-state index in [1.165, 1.54) is 17.7 Å². The molecule has 0 heterocycles. The molecule has 3 aromatic rings. The molecule has 172 valence electrons. The first-order valence-electron chi connectivity index (χ1n) is 11.0. The van der Waals surface area contributed by atoms with Gasteiger partial charge in [0.2, 0.25) is 0 Å². The molecule has 7 heteroatoms. The number of para-hydroxylation sites is 1. The molecule has 33 heavy (non-hydrogen) atoms. The van der Waals surface area contributed by atoms with Gasteiger partial charge in [-0.2, -0.15) is 5.10 Å². The zero-order valence-electron chi connectivity index (χ0n) is 18.9. The Morgan fingerprint density at radius 2 is 1.70 bits per heavy atom. The van der Waals surface area contributed by atoms with Crippen molar-refractivity contribution in [2.24, 2.45) is 5.10 Å². The molecule has 0 amide bonds. The molecule has 1 N–H and O–H groups in total. The molecule has 1 atom stereocenters. The first-order valence-corrected chi connectivity index (χ1v) is 11.0. The predicted molar refractivity (Wildman–Crippen MR) is 132 cm³/mol. The van der Waals surface area contributed by atoms with Crippen LogP contribution in [0.2, 0.25) is 0 Å². The number of benzene rings is 3. The van der Waals surface area contributed by atoms with Gasteiger partial charge < -0.3 is 9.47 Å². The van der Waals surface area contributed by atoms with Crippen LogP contribution in [-0.2, 0) is 0 Å². The van der Waals surface area contributed by atoms with E-state index >= 15 is 0 Å². The molecule has 0 bridgehead atoms. The lowest BCUT2D eigenvalue weighted by atomic mass is 9.99. The summed E-state index contributed by atoms with van der Waals surface area (Å²) in [7, 11) is 0. The molecule has 0 aliphatic rings. The molecule has 0 unspecified atom stereocenters. The highest BCUT2D eigenvalue weighted by atomic mass is 16.6. The van der Waals surface area contributed by atoms with Crippen molar-refractivity contribution in [1.82, 2.24) is 0 Å². The Labute approximate surface area is 194 Å². The number of hydrogen-bond acceptors (Lipinski definition) is 6. The van der Waals surface area contributed by atoms with Crippen LogP contribution >= 0.6 is 0 Å². The summed E-state index contributed by atoms with van der Waals surface area (Å²) in [5.41, 5.74) is 5.72. The van der Waals surface area contributed by atoms with Crippen molar-refractivity contribution in [3.05, 3.63) is 94.0 Å². The standard InChI is InChI=1S/C26H29N3O4/c1-3-20(2)21-9-15-25(16-10-21)32-17-6-18-33-26-8-5-4-7-22(26)19-27-28-23-11-13-24(14-12-23)29(30)31/h4-5,7-16,19-20,28H,3,6,17-18H2,1-2H3/b27-19-/t20-/m0/s1. The van der Waals surface area contributed by atoms with Gasteiger partial charge >= 0.3 is 0 Å². The highest BCUT2D eigenvalue weighted by molar-refractivity contribution is 5.84. The second-order valence-corrected chi connectivity index (χ2v) is 7.64. The molecule has 3 rings (SSSR count). The lowest BCUT2D eigenvalue weighted by Crippen LogP contribution is -2.06. The minimum atomic E-state index is -0.435. The summed E-state index contributed by atoms with van der Waals surface area (Å²) in [5.74, 6) is 2.15. The third kappa shape index (κ3) is 7.35. The maximum Gasteiger partial charge on any atom is 0.269 e. The van der Waals surface area contributed by atoms with Gasteiger partial charge in [-0.25, -0.2) is 0 Å². The summed E-state index contributed by atoms with van der Waals surface area (Å²) in [6.45, 7) is 5.50. The van der Waals surface area contributed by atoms with E-state index in [1.54, 1.807) is 18.3 Å². The molecule has 0 saturated heterocycles. The quantitative estimate of drug-likeness (QED) is 0.150. The van der Waals surface area contributed by atoms with E-state index in [4.69, 9.17) is 9.47 Å². The molecule has 0 radical (unpaired) electrons. The van der Waals surface area contributed by atoms with Gasteiger partial charge in [0.1, 0.15) is 11.5 Å². The molecule has 3 aromatic carbocycles. The Kier molecular flexibility index (Phi) is 8.82. The van der Waals surface area contributed by atoms with Gasteiger partial charge in [-0.1, -0.05) is 38.1 Å². The predicted octanol–water partition coefficient (Wildman–Crippen LogP) is 6.40. The molecule has 0 aliphatic heterocycles. The Morgan fingerprint density at radius 3 is 2.39 bits per heavy atom. The van der Waals surface area contributed by atoms with Crippen LogP contribution in [0.1, 0.15) is 43.7 Å². The lowest BCUT2D eigenvalue weighted by Gasteiger charge is -2.12. The van der Waals surface area contributed by atoms with Gasteiger partial charge in [-0.15, -0.1) is 0 Å². The van der Waals surface area contributed by atoms with Crippen LogP contribution in [0.4, 0.5) is 11.4 Å². The average Bonchev–Trinajstić information content (AvgIpc) is 2.85. The number of nitro benzene ring substituents is 1. The summed E-state index contributed by atoms with van der Waals surface area (Å²) in [5, 5.41) is 14.9. The largest absolute Gasteiger partial charge is 0.493 e. The molecule has 0 saturated carbocycles. The maximum absolute atomic E-state index is 10.7. The molecular formula is C26H29N3O4. The summed E-state index contributed by atoms with van der Waals surface area (Å²) in [6.07, 6.45) is 3.53. The minimum absolute atomic E-state index is 0.0374. The van der Waals surface area contributed by atoms with Crippen molar-refractivity contribution in [3.63, 3.8) is 0 Å². The van der Waals surface area contributed by atoms with Gasteiger partial charge in [-0.05, 0) is 54.3 Å². The SMILES string of the molecule is CC[C@H](C)c1ccc(OCCCOc2ccccc2/C=N\Nc2ccc([N+](=O)[O-])cc2)cc1. The van der Waals surface area contributed by atoms with Crippen molar-refractivity contribution in [2.75, 3.05) is 18.6 Å². The first kappa shape index (κ1) is 23.8. The molecule has 7 nitrogen and oxygen atoms in total. The Bertz CT molecular complexity index is 1050. The van der Waals surface area contributed by atoms with Gasteiger partial charge in [0.15, 0.2) is 0 Å². The fourth-order valence-electron chi connectivity index (χ4n) is 3.11. The third-order valence-electron chi connectivity index (χ3n) is 5.27. The van der Waals surface area contributed by atoms with Crippen molar-refractivity contribution in [3.8, 4) is 11.5 Å². The van der Waals surface area contributed by atoms with E-state index in [1.807, 2.05) is 36.4 Å². The monoisotopic (exact) mass is 447 g/mol. The molecule has 0 aliphatic carbocycles. The normalized spacial score (nSPS) is 11.8. The molecule has 0 spiro atoms. The summed E-state index contributed by atoms with van der Waals surface area (Å²) >= 11 is 0. The molecule has 0 aromatic heterocycles. The van der Waals surface area contributed by atoms with Gasteiger partial charge in [0, 0.05) is 24.1 Å². The van der Waals surface area contributed by atoms with E-state index in [0.717, 1.165) is 29.9 Å². The van der Waals surface area contributed by atoms with Crippen LogP contribution in [0.25, 0.3) is 0 Å². The zero-order chi connectivity index (χ0) is 23.5. The highest BCUT2D eigenvalue weighted by Gasteiger charge is 2.05. The number of hydrazone groups is 1. The van der Waals surface area contributed by atoms with Crippen molar-refractivity contribution in [1.29, 1.82) is 0 Å². The summed E-state index contributed by atoms with van der Waals surface area (Å²) < 4.78 is 11.7. The van der Waals surface area contributed by atoms with Gasteiger partial charge in [-0.3, -0.25) is 15.5 Å². The minimum Gasteiger partial charge on any atom is -0.493 e. The van der Waals surface area contributed by atoms with Crippen LogP contribution in [-0.4, -0.2) is 24.4 Å². The van der Waals surface area contributed by atoms with E-state index in [2.05, 4.69) is 36.5 Å². The van der Waals surface area contributed by atoms with E-state index in [0.29, 0.717) is 24.8 Å². The van der Waals surface area contributed by atoms with Crippen LogP contribution in [0.3, 0.4) is 0 Å². The smallest absolute Gasteiger partial charge is 0.269 e. The highest BCUT2D eigenvalue weighted by Crippen LogP contribution is 2.22. The van der Waals surface area contributed by atoms with Crippen LogP contribution < -0.4 is 14.9 Å². The number of nitro groups is 1. The molecule has 0 fully saturated rings. The zero-order valence-corrected chi connectivity index (χ0v) is 18.9. The van der Waals surface area contributed by atoms with E-state index in [9.17, 15) is 10.1 Å². The lowest BCUT2D eigenvalue weighted by molar-refractivity contribution is -0.384. The number of nitrogens with zero attached hydrogens (tertiary/aromatic N) is 2. The summed E-state index contributed by atoms with van der Waals surface area (Å²) in [6, 6.07) is 22.0. The van der Waals surface area contributed by atoms with Crippen molar-refractivity contribution >= 4 is 17.6 Å². The first-order chi connectivity index (χ1) is 16.1. The number of rotatable bonds is 12. The Morgan fingerprint density at radius 1 is 1.00 bits per heavy atom. The van der Waals surface area contributed by atoms with E-state index < -0.39 is 4.92 Å². The van der Waals surface area contributed by atoms with E-state index in [-0.39, 0.29) is 5.69 Å². The maximum atomic E-state index is 10.7. The second kappa shape index (κ2) is 12.2. The average molecular weight is 448 g/mol. The second-order valence-electron chi connectivity index (χ2n) is 7.64. The fraction of sp³-hybridized carbons (Fsp3) is 0.269. The number of nitrogens with one attached hydrogen (secondary N) is 1. The van der Waals surface area contributed by atoms with Gasteiger partial charge in [0.25, 0.3) is 5.69 Å². The Balaban J connectivity index is 1.44. The molecular weight excluding hydrogens is 418 g/mol. The van der Waals surface area contributed by atoms with Gasteiger partial charge in [0.05, 0.1) is 30.0 Å². The van der Waals surface area contributed by atoms with Crippen LogP contribution in [0, 0.1) is 10.1 Å². The van der Waals surface area contributed by atoms with Crippen LogP contribution in [0.5, 0.6) is 11.5 Å². The van der Waals surface area contributed by atoms with Crippen molar-refractivity contribution < 1.29 is 14.4 Å². The third-order valence-corrected chi connectivity index (χ3v) is 5.27. The number of anilines is 1.